The Morgan fingerprint density at radius 1 is 1.11 bits per heavy atom. The van der Waals surface area contributed by atoms with Crippen molar-refractivity contribution in [2.24, 2.45) is 0 Å². The molecule has 100 valence electrons. The molecule has 7 nitrogen and oxygen atoms in total. The predicted molar refractivity (Wildman–Crippen MR) is 60.7 cm³/mol. The van der Waals surface area contributed by atoms with Crippen LogP contribution in [0.1, 0.15) is 25.7 Å². The minimum absolute atomic E-state index is 0.00343. The number of thiol groups is 1. The van der Waals surface area contributed by atoms with Gasteiger partial charge in [0.1, 0.15) is 0 Å². The second-order valence-corrected chi connectivity index (χ2v) is 4.29. The molecular weight excluding hydrogens is 262 g/mol. The van der Waals surface area contributed by atoms with Gasteiger partial charge in [-0.15, -0.1) is 0 Å². The molecule has 1 aliphatic heterocycles. The third-order valence-corrected chi connectivity index (χ3v) is 2.69. The molecule has 0 fully saturated rings. The Hall–Kier alpha value is -1.70. The molecule has 1 aliphatic rings. The van der Waals surface area contributed by atoms with E-state index in [0.29, 0.717) is 25.8 Å². The van der Waals surface area contributed by atoms with Crippen LogP contribution in [0, 0.1) is 0 Å². The van der Waals surface area contributed by atoms with Gasteiger partial charge in [0.15, 0.2) is 0 Å². The molecule has 0 bridgehead atoms. The Morgan fingerprint density at radius 2 is 1.72 bits per heavy atom. The van der Waals surface area contributed by atoms with E-state index in [1.54, 1.807) is 0 Å². The summed E-state index contributed by atoms with van der Waals surface area (Å²) in [6, 6.07) is 0. The van der Waals surface area contributed by atoms with E-state index in [1.807, 2.05) is 0 Å². The van der Waals surface area contributed by atoms with Crippen LogP contribution in [0.25, 0.3) is 0 Å². The zero-order valence-corrected chi connectivity index (χ0v) is 10.4. The molecule has 8 heteroatoms. The van der Waals surface area contributed by atoms with Crippen LogP contribution in [0.15, 0.2) is 12.2 Å². The monoisotopic (exact) mass is 275 g/mol. The number of imide groups is 1. The summed E-state index contributed by atoms with van der Waals surface area (Å²) in [5.41, 5.74) is 0. The largest absolute Gasteiger partial charge is 0.348 e. The summed E-state index contributed by atoms with van der Waals surface area (Å²) >= 11 is 0. The maximum Gasteiger partial charge on any atom is 0.321 e. The van der Waals surface area contributed by atoms with E-state index >= 15 is 0 Å². The number of carbonyl (C=O) groups is 3. The highest BCUT2D eigenvalue weighted by Gasteiger charge is 2.22. The van der Waals surface area contributed by atoms with E-state index in [1.165, 1.54) is 12.2 Å². The summed E-state index contributed by atoms with van der Waals surface area (Å²) < 4.78 is 24.1. The lowest BCUT2D eigenvalue weighted by molar-refractivity contribution is -0.137. The fourth-order valence-corrected chi connectivity index (χ4v) is 1.75. The van der Waals surface area contributed by atoms with Crippen LogP contribution < -0.4 is 0 Å². The van der Waals surface area contributed by atoms with Gasteiger partial charge in [0.05, 0.1) is 0 Å². The number of nitrogens with zero attached hydrogens (tertiary/aromatic N) is 1. The lowest BCUT2D eigenvalue weighted by Gasteiger charge is -2.12. The van der Waals surface area contributed by atoms with Gasteiger partial charge in [-0.25, -0.2) is 0 Å². The van der Waals surface area contributed by atoms with Crippen molar-refractivity contribution in [3.05, 3.63) is 12.2 Å². The third kappa shape index (κ3) is 4.66. The van der Waals surface area contributed by atoms with Gasteiger partial charge >= 0.3 is 17.0 Å². The van der Waals surface area contributed by atoms with Crippen molar-refractivity contribution in [1.29, 1.82) is 0 Å². The summed E-state index contributed by atoms with van der Waals surface area (Å²) in [7, 11) is -3.14. The van der Waals surface area contributed by atoms with Crippen molar-refractivity contribution in [3.8, 4) is 0 Å². The van der Waals surface area contributed by atoms with E-state index in [-0.39, 0.29) is 18.2 Å². The zero-order chi connectivity index (χ0) is 13.5. The third-order valence-electron chi connectivity index (χ3n) is 2.34. The molecule has 0 saturated carbocycles. The standard InChI is InChI=1S/C10H13NO6S/c12-8-5-6-9(13)11(8)7-3-1-2-4-10(14)17-18(15)16/h5-6,18H,1-4,7H2. The Kier molecular flexibility index (Phi) is 5.50. The minimum atomic E-state index is -3.14. The molecule has 1 rings (SSSR count). The van der Waals surface area contributed by atoms with Crippen LogP contribution in [-0.4, -0.2) is 37.6 Å². The van der Waals surface area contributed by atoms with E-state index < -0.39 is 17.0 Å². The smallest absolute Gasteiger partial charge is 0.321 e. The number of amides is 2. The molecule has 0 spiro atoms. The summed E-state index contributed by atoms with van der Waals surface area (Å²) in [5, 5.41) is 0. The molecule has 18 heavy (non-hydrogen) atoms. The maximum atomic E-state index is 11.2. The Balaban J connectivity index is 2.11. The summed E-state index contributed by atoms with van der Waals surface area (Å²) in [6.07, 6.45) is 4.04. The van der Waals surface area contributed by atoms with Crippen molar-refractivity contribution < 1.29 is 27.0 Å². The second kappa shape index (κ2) is 6.90. The average Bonchev–Trinajstić information content (AvgIpc) is 2.58. The minimum Gasteiger partial charge on any atom is -0.348 e. The van der Waals surface area contributed by atoms with Crippen molar-refractivity contribution in [2.75, 3.05) is 6.54 Å². The van der Waals surface area contributed by atoms with Gasteiger partial charge in [-0.3, -0.25) is 19.3 Å². The highest BCUT2D eigenvalue weighted by molar-refractivity contribution is 7.67. The fraction of sp³-hybridized carbons (Fsp3) is 0.500. The Bertz CT molecular complexity index is 427. The van der Waals surface area contributed by atoms with Crippen LogP contribution in [0.5, 0.6) is 0 Å². The van der Waals surface area contributed by atoms with Crippen LogP contribution in [0.2, 0.25) is 0 Å². The van der Waals surface area contributed by atoms with Crippen molar-refractivity contribution >= 4 is 28.8 Å². The lowest BCUT2D eigenvalue weighted by atomic mass is 10.2. The quantitative estimate of drug-likeness (QED) is 0.383. The van der Waals surface area contributed by atoms with Gasteiger partial charge in [-0.2, -0.15) is 8.42 Å². The van der Waals surface area contributed by atoms with Crippen LogP contribution >= 0.6 is 0 Å². The average molecular weight is 275 g/mol. The SMILES string of the molecule is O=C(CCCCCN1C(=O)C=CC1=O)O[SH](=O)=O. The predicted octanol–water partition coefficient (Wildman–Crippen LogP) is -0.459. The first-order valence-corrected chi connectivity index (χ1v) is 6.49. The van der Waals surface area contributed by atoms with Crippen molar-refractivity contribution in [1.82, 2.24) is 4.90 Å². The van der Waals surface area contributed by atoms with Gasteiger partial charge in [-0.05, 0) is 12.8 Å². The molecular formula is C10H13NO6S. The summed E-state index contributed by atoms with van der Waals surface area (Å²) in [5.74, 6) is -1.45. The van der Waals surface area contributed by atoms with E-state index in [4.69, 9.17) is 0 Å². The Morgan fingerprint density at radius 3 is 2.28 bits per heavy atom. The molecule has 0 saturated heterocycles. The molecule has 0 aromatic carbocycles. The number of carbonyl (C=O) groups excluding carboxylic acids is 3. The summed E-state index contributed by atoms with van der Waals surface area (Å²) in [6.45, 7) is 0.301. The first kappa shape index (κ1) is 14.4. The Labute approximate surface area is 106 Å². The van der Waals surface area contributed by atoms with Crippen LogP contribution in [0.3, 0.4) is 0 Å². The first-order chi connectivity index (χ1) is 8.50. The van der Waals surface area contributed by atoms with Crippen molar-refractivity contribution in [2.45, 2.75) is 25.7 Å². The number of rotatable bonds is 7. The number of hydrogen-bond acceptors (Lipinski definition) is 6. The van der Waals surface area contributed by atoms with Gasteiger partial charge in [-0.1, -0.05) is 6.42 Å². The van der Waals surface area contributed by atoms with Gasteiger partial charge in [0, 0.05) is 25.1 Å². The molecule has 1 heterocycles. The molecule has 0 aliphatic carbocycles. The normalized spacial score (nSPS) is 14.6. The molecule has 2 amide bonds. The molecule has 0 N–H and O–H groups in total. The molecule has 0 aromatic rings. The highest BCUT2D eigenvalue weighted by atomic mass is 32.2. The zero-order valence-electron chi connectivity index (χ0n) is 9.53. The van der Waals surface area contributed by atoms with E-state index in [9.17, 15) is 22.8 Å². The van der Waals surface area contributed by atoms with Gasteiger partial charge < -0.3 is 4.18 Å². The fourth-order valence-electron chi connectivity index (χ4n) is 1.50. The number of hydrogen-bond donors (Lipinski definition) is 1. The molecule has 0 aromatic heterocycles. The van der Waals surface area contributed by atoms with E-state index in [2.05, 4.69) is 4.18 Å². The van der Waals surface area contributed by atoms with Gasteiger partial charge in [0.25, 0.3) is 11.8 Å². The number of unbranched alkanes of at least 4 members (excludes halogenated alkanes) is 2. The maximum absolute atomic E-state index is 11.2. The van der Waals surface area contributed by atoms with Gasteiger partial charge in [0.2, 0.25) is 0 Å². The second-order valence-electron chi connectivity index (χ2n) is 3.66. The van der Waals surface area contributed by atoms with Crippen molar-refractivity contribution in [3.63, 3.8) is 0 Å². The molecule has 0 unspecified atom stereocenters. The van der Waals surface area contributed by atoms with E-state index in [0.717, 1.165) is 4.90 Å². The lowest BCUT2D eigenvalue weighted by Crippen LogP contribution is -2.30. The summed E-state index contributed by atoms with van der Waals surface area (Å²) in [4.78, 5) is 34.3. The molecule has 0 atom stereocenters. The highest BCUT2D eigenvalue weighted by Crippen LogP contribution is 2.08. The van der Waals surface area contributed by atoms with Crippen LogP contribution in [-0.2, 0) is 29.6 Å². The first-order valence-electron chi connectivity index (χ1n) is 5.39. The topological polar surface area (TPSA) is 97.8 Å². The van der Waals surface area contributed by atoms with Crippen LogP contribution in [0.4, 0.5) is 0 Å². The molecule has 0 radical (unpaired) electrons.